The van der Waals surface area contributed by atoms with E-state index in [1.165, 1.54) is 12.1 Å². The van der Waals surface area contributed by atoms with E-state index in [9.17, 15) is 18.0 Å². The predicted octanol–water partition coefficient (Wildman–Crippen LogP) is 3.60. The molecule has 172 valence electrons. The van der Waals surface area contributed by atoms with Gasteiger partial charge in [0.25, 0.3) is 10.0 Å². The van der Waals surface area contributed by atoms with Gasteiger partial charge in [-0.15, -0.1) is 0 Å². The minimum absolute atomic E-state index is 0.0206. The van der Waals surface area contributed by atoms with Gasteiger partial charge >= 0.3 is 6.03 Å². The fourth-order valence-electron chi connectivity index (χ4n) is 3.75. The van der Waals surface area contributed by atoms with E-state index in [4.69, 9.17) is 0 Å². The minimum atomic E-state index is -3.71. The first-order valence-corrected chi connectivity index (χ1v) is 12.3. The third-order valence-corrected chi connectivity index (χ3v) is 7.00. The number of benzene rings is 2. The summed E-state index contributed by atoms with van der Waals surface area (Å²) in [5.74, 6) is -0.316. The zero-order chi connectivity index (χ0) is 23.1. The number of piperidine rings is 1. The van der Waals surface area contributed by atoms with Crippen LogP contribution in [0.25, 0.3) is 0 Å². The SMILES string of the molecule is CCN(CC)C(=O)N1CCC(C(=O)Nc2cccc(NS(=O)(=O)c3ccccc3)c2)CC1. The predicted molar refractivity (Wildman–Crippen MR) is 125 cm³/mol. The average molecular weight is 459 g/mol. The van der Waals surface area contributed by atoms with Crippen LogP contribution < -0.4 is 10.0 Å². The van der Waals surface area contributed by atoms with Crippen molar-refractivity contribution in [3.8, 4) is 0 Å². The molecule has 2 aromatic carbocycles. The highest BCUT2D eigenvalue weighted by Crippen LogP contribution is 2.23. The fraction of sp³-hybridized carbons (Fsp3) is 0.391. The van der Waals surface area contributed by atoms with E-state index in [2.05, 4.69) is 10.0 Å². The zero-order valence-corrected chi connectivity index (χ0v) is 19.3. The Balaban J connectivity index is 1.58. The highest BCUT2D eigenvalue weighted by atomic mass is 32.2. The van der Waals surface area contributed by atoms with Crippen molar-refractivity contribution in [2.24, 2.45) is 5.92 Å². The maximum atomic E-state index is 12.7. The number of likely N-dealkylation sites (tertiary alicyclic amines) is 1. The van der Waals surface area contributed by atoms with E-state index in [-0.39, 0.29) is 22.8 Å². The summed E-state index contributed by atoms with van der Waals surface area (Å²) in [6, 6.07) is 14.8. The summed E-state index contributed by atoms with van der Waals surface area (Å²) < 4.78 is 27.6. The van der Waals surface area contributed by atoms with Crippen LogP contribution in [0.3, 0.4) is 0 Å². The summed E-state index contributed by atoms with van der Waals surface area (Å²) in [5.41, 5.74) is 0.885. The number of carbonyl (C=O) groups excluding carboxylic acids is 2. The monoisotopic (exact) mass is 458 g/mol. The third kappa shape index (κ3) is 5.79. The van der Waals surface area contributed by atoms with Gasteiger partial charge in [0, 0.05) is 37.8 Å². The first-order valence-electron chi connectivity index (χ1n) is 10.9. The molecule has 0 spiro atoms. The maximum Gasteiger partial charge on any atom is 0.319 e. The molecule has 1 aliphatic rings. The Bertz CT molecular complexity index is 1030. The molecule has 1 heterocycles. The molecular formula is C23H30N4O4S. The number of rotatable bonds is 7. The fourth-order valence-corrected chi connectivity index (χ4v) is 4.82. The van der Waals surface area contributed by atoms with Crippen LogP contribution in [0.2, 0.25) is 0 Å². The summed E-state index contributed by atoms with van der Waals surface area (Å²) in [6.45, 7) is 6.33. The molecule has 1 saturated heterocycles. The quantitative estimate of drug-likeness (QED) is 0.662. The molecule has 1 fully saturated rings. The van der Waals surface area contributed by atoms with Crippen molar-refractivity contribution in [3.63, 3.8) is 0 Å². The van der Waals surface area contributed by atoms with Crippen LogP contribution in [0, 0.1) is 5.92 Å². The topological polar surface area (TPSA) is 98.8 Å². The molecular weight excluding hydrogens is 428 g/mol. The summed E-state index contributed by atoms with van der Waals surface area (Å²) in [4.78, 5) is 29.0. The summed E-state index contributed by atoms with van der Waals surface area (Å²) in [5, 5.41) is 2.88. The lowest BCUT2D eigenvalue weighted by Gasteiger charge is -2.34. The van der Waals surface area contributed by atoms with Gasteiger partial charge < -0.3 is 15.1 Å². The zero-order valence-electron chi connectivity index (χ0n) is 18.5. The van der Waals surface area contributed by atoms with Gasteiger partial charge in [-0.05, 0) is 57.0 Å². The molecule has 0 unspecified atom stereocenters. The molecule has 3 amide bonds. The number of carbonyl (C=O) groups is 2. The largest absolute Gasteiger partial charge is 0.326 e. The molecule has 8 nitrogen and oxygen atoms in total. The van der Waals surface area contributed by atoms with E-state index in [1.54, 1.807) is 52.3 Å². The van der Waals surface area contributed by atoms with Crippen LogP contribution in [-0.2, 0) is 14.8 Å². The van der Waals surface area contributed by atoms with E-state index < -0.39 is 10.0 Å². The standard InChI is InChI=1S/C23H30N4O4S/c1-3-26(4-2)23(29)27-15-13-18(14-16-27)22(28)24-19-9-8-10-20(17-19)25-32(30,31)21-11-6-5-7-12-21/h5-12,17-18,25H,3-4,13-16H2,1-2H3,(H,24,28). The summed E-state index contributed by atoms with van der Waals surface area (Å²) >= 11 is 0. The molecule has 0 aliphatic carbocycles. The van der Waals surface area contributed by atoms with Crippen molar-refractivity contribution < 1.29 is 18.0 Å². The minimum Gasteiger partial charge on any atom is -0.326 e. The second kappa shape index (κ2) is 10.5. The molecule has 1 aliphatic heterocycles. The van der Waals surface area contributed by atoms with Crippen LogP contribution in [0.15, 0.2) is 59.5 Å². The Labute approximate surface area is 189 Å². The lowest BCUT2D eigenvalue weighted by atomic mass is 9.96. The first-order chi connectivity index (χ1) is 15.3. The Kier molecular flexibility index (Phi) is 7.74. The number of hydrogen-bond acceptors (Lipinski definition) is 4. The molecule has 32 heavy (non-hydrogen) atoms. The van der Waals surface area contributed by atoms with Gasteiger partial charge in [0.1, 0.15) is 0 Å². The molecule has 0 saturated carbocycles. The van der Waals surface area contributed by atoms with Crippen molar-refractivity contribution in [2.75, 3.05) is 36.2 Å². The van der Waals surface area contributed by atoms with Crippen LogP contribution in [0.1, 0.15) is 26.7 Å². The average Bonchev–Trinajstić information content (AvgIpc) is 2.80. The number of urea groups is 1. The Hall–Kier alpha value is -3.07. The van der Waals surface area contributed by atoms with E-state index in [0.29, 0.717) is 50.4 Å². The smallest absolute Gasteiger partial charge is 0.319 e. The first kappa shape index (κ1) is 23.6. The molecule has 0 aromatic heterocycles. The molecule has 0 atom stereocenters. The Morgan fingerprint density at radius 1 is 0.969 bits per heavy atom. The second-order valence-electron chi connectivity index (χ2n) is 7.70. The van der Waals surface area contributed by atoms with Gasteiger partial charge in [-0.1, -0.05) is 24.3 Å². The summed E-state index contributed by atoms with van der Waals surface area (Å²) in [6.07, 6.45) is 1.19. The van der Waals surface area contributed by atoms with Crippen LogP contribution in [0.5, 0.6) is 0 Å². The molecule has 2 aromatic rings. The van der Waals surface area contributed by atoms with Crippen molar-refractivity contribution in [3.05, 3.63) is 54.6 Å². The highest BCUT2D eigenvalue weighted by Gasteiger charge is 2.29. The van der Waals surface area contributed by atoms with Gasteiger partial charge in [-0.2, -0.15) is 0 Å². The molecule has 9 heteroatoms. The van der Waals surface area contributed by atoms with Gasteiger partial charge in [0.2, 0.25) is 5.91 Å². The molecule has 3 rings (SSSR count). The Morgan fingerprint density at radius 3 is 2.22 bits per heavy atom. The normalized spacial score (nSPS) is 14.6. The number of nitrogens with one attached hydrogen (secondary N) is 2. The van der Waals surface area contributed by atoms with Gasteiger partial charge in [-0.25, -0.2) is 13.2 Å². The molecule has 0 radical (unpaired) electrons. The maximum absolute atomic E-state index is 12.7. The van der Waals surface area contributed by atoms with E-state index in [0.717, 1.165) is 0 Å². The number of sulfonamides is 1. The van der Waals surface area contributed by atoms with Crippen LogP contribution in [-0.4, -0.2) is 56.3 Å². The number of anilines is 2. The van der Waals surface area contributed by atoms with Crippen molar-refractivity contribution in [1.82, 2.24) is 9.80 Å². The van der Waals surface area contributed by atoms with Crippen molar-refractivity contribution >= 4 is 33.3 Å². The third-order valence-electron chi connectivity index (χ3n) is 5.61. The molecule has 0 bridgehead atoms. The van der Waals surface area contributed by atoms with Crippen molar-refractivity contribution in [1.29, 1.82) is 0 Å². The van der Waals surface area contributed by atoms with Crippen molar-refractivity contribution in [2.45, 2.75) is 31.6 Å². The van der Waals surface area contributed by atoms with Crippen LogP contribution in [0.4, 0.5) is 16.2 Å². The Morgan fingerprint density at radius 2 is 1.59 bits per heavy atom. The lowest BCUT2D eigenvalue weighted by Crippen LogP contribution is -2.47. The summed E-state index contributed by atoms with van der Waals surface area (Å²) in [7, 11) is -3.71. The second-order valence-corrected chi connectivity index (χ2v) is 9.39. The number of amides is 3. The number of nitrogens with zero attached hydrogens (tertiary/aromatic N) is 2. The highest BCUT2D eigenvalue weighted by molar-refractivity contribution is 7.92. The number of hydrogen-bond donors (Lipinski definition) is 2. The van der Waals surface area contributed by atoms with Gasteiger partial charge in [0.05, 0.1) is 10.6 Å². The van der Waals surface area contributed by atoms with E-state index in [1.807, 2.05) is 13.8 Å². The van der Waals surface area contributed by atoms with Crippen LogP contribution >= 0.6 is 0 Å². The van der Waals surface area contributed by atoms with Gasteiger partial charge in [0.15, 0.2) is 0 Å². The lowest BCUT2D eigenvalue weighted by molar-refractivity contribution is -0.121. The molecule has 2 N–H and O–H groups in total. The van der Waals surface area contributed by atoms with Gasteiger partial charge in [-0.3, -0.25) is 9.52 Å². The van der Waals surface area contributed by atoms with E-state index >= 15 is 0 Å².